The highest BCUT2D eigenvalue weighted by molar-refractivity contribution is 6.32. The predicted octanol–water partition coefficient (Wildman–Crippen LogP) is 1.79. The molecule has 0 bridgehead atoms. The van der Waals surface area contributed by atoms with Gasteiger partial charge in [-0.1, -0.05) is 0 Å². The molecule has 0 saturated carbocycles. The maximum atomic E-state index is 12.3. The van der Waals surface area contributed by atoms with Crippen LogP contribution in [0.15, 0.2) is 18.3 Å². The molecule has 0 spiro atoms. The van der Waals surface area contributed by atoms with E-state index < -0.39 is 11.3 Å². The topological polar surface area (TPSA) is 42.0 Å². The second kappa shape index (κ2) is 4.18. The minimum Gasteiger partial charge on any atom is -0.323 e. The lowest BCUT2D eigenvalue weighted by atomic mass is 10.4. The lowest BCUT2D eigenvalue weighted by molar-refractivity contribution is -0.115. The van der Waals surface area contributed by atoms with E-state index in [-0.39, 0.29) is 5.91 Å². The number of alkyl halides is 1. The van der Waals surface area contributed by atoms with Crippen LogP contribution in [0.4, 0.5) is 10.1 Å². The van der Waals surface area contributed by atoms with Gasteiger partial charge in [-0.05, 0) is 19.1 Å². The molecule has 1 aromatic rings. The van der Waals surface area contributed by atoms with Crippen LogP contribution in [0.3, 0.4) is 0 Å². The molecule has 1 N–H and O–H groups in total. The Bertz CT molecular complexity index is 300. The molecule has 1 unspecified atom stereocenters. The van der Waals surface area contributed by atoms with Crippen LogP contribution in [0.25, 0.3) is 0 Å². The van der Waals surface area contributed by atoms with E-state index in [1.54, 1.807) is 6.92 Å². The van der Waals surface area contributed by atoms with Crippen molar-refractivity contribution in [2.24, 2.45) is 0 Å². The van der Waals surface area contributed by atoms with Gasteiger partial charge in [0.15, 0.2) is 0 Å². The van der Waals surface area contributed by atoms with Gasteiger partial charge in [0.2, 0.25) is 11.9 Å². The van der Waals surface area contributed by atoms with E-state index in [1.165, 1.54) is 12.3 Å². The first-order valence-corrected chi connectivity index (χ1v) is 4.09. The number of nitrogens with one attached hydrogen (secondary N) is 1. The van der Waals surface area contributed by atoms with E-state index in [9.17, 15) is 9.18 Å². The molecule has 3 nitrogen and oxygen atoms in total. The summed E-state index contributed by atoms with van der Waals surface area (Å²) in [6.07, 6.45) is 1.23. The molecule has 0 aromatic carbocycles. The van der Waals surface area contributed by atoms with E-state index in [2.05, 4.69) is 10.3 Å². The van der Waals surface area contributed by atoms with Crippen molar-refractivity contribution < 1.29 is 9.18 Å². The van der Waals surface area contributed by atoms with Crippen molar-refractivity contribution in [1.82, 2.24) is 4.98 Å². The highest BCUT2D eigenvalue weighted by Crippen LogP contribution is 2.06. The Morgan fingerprint density at radius 1 is 1.69 bits per heavy atom. The van der Waals surface area contributed by atoms with E-state index in [0.717, 1.165) is 6.07 Å². The van der Waals surface area contributed by atoms with E-state index >= 15 is 0 Å². The van der Waals surface area contributed by atoms with Crippen LogP contribution in [-0.2, 0) is 4.79 Å². The van der Waals surface area contributed by atoms with Crippen molar-refractivity contribution in [3.05, 3.63) is 24.3 Å². The molecule has 5 heteroatoms. The van der Waals surface area contributed by atoms with Crippen LogP contribution in [-0.4, -0.2) is 16.3 Å². The number of hydrogen-bond donors (Lipinski definition) is 1. The molecule has 1 heterocycles. The van der Waals surface area contributed by atoms with E-state index in [4.69, 9.17) is 11.6 Å². The highest BCUT2D eigenvalue weighted by Gasteiger charge is 2.08. The zero-order valence-electron chi connectivity index (χ0n) is 6.92. The van der Waals surface area contributed by atoms with Crippen LogP contribution in [0.2, 0.25) is 0 Å². The summed E-state index contributed by atoms with van der Waals surface area (Å²) in [7, 11) is 0. The van der Waals surface area contributed by atoms with Crippen molar-refractivity contribution in [1.29, 1.82) is 0 Å². The Labute approximate surface area is 79.9 Å². The van der Waals surface area contributed by atoms with Gasteiger partial charge in [0.1, 0.15) is 5.38 Å². The van der Waals surface area contributed by atoms with Crippen LogP contribution in [0.1, 0.15) is 6.92 Å². The summed E-state index contributed by atoms with van der Waals surface area (Å²) in [5.41, 5.74) is 0.430. The van der Waals surface area contributed by atoms with Crippen molar-refractivity contribution in [2.45, 2.75) is 12.3 Å². The molecule has 0 fully saturated rings. The molecule has 1 amide bonds. The SMILES string of the molecule is CC(Cl)C(=O)Nc1ccc(F)nc1. The molecular weight excluding hydrogens is 195 g/mol. The predicted molar refractivity (Wildman–Crippen MR) is 48.1 cm³/mol. The maximum absolute atomic E-state index is 12.3. The number of hydrogen-bond acceptors (Lipinski definition) is 2. The monoisotopic (exact) mass is 202 g/mol. The molecule has 70 valence electrons. The Morgan fingerprint density at radius 3 is 2.85 bits per heavy atom. The Balaban J connectivity index is 2.65. The van der Waals surface area contributed by atoms with Crippen molar-refractivity contribution in [3.8, 4) is 0 Å². The fourth-order valence-corrected chi connectivity index (χ4v) is 0.746. The summed E-state index contributed by atoms with van der Waals surface area (Å²) in [6.45, 7) is 1.55. The molecule has 0 radical (unpaired) electrons. The van der Waals surface area contributed by atoms with Gasteiger partial charge in [-0.15, -0.1) is 11.6 Å². The number of carbonyl (C=O) groups is 1. The largest absolute Gasteiger partial charge is 0.323 e. The average Bonchev–Trinajstić information content (AvgIpc) is 2.08. The van der Waals surface area contributed by atoms with Gasteiger partial charge >= 0.3 is 0 Å². The van der Waals surface area contributed by atoms with Gasteiger partial charge in [0.25, 0.3) is 0 Å². The number of aromatic nitrogens is 1. The number of pyridine rings is 1. The molecule has 0 saturated heterocycles. The van der Waals surface area contributed by atoms with Crippen LogP contribution >= 0.6 is 11.6 Å². The maximum Gasteiger partial charge on any atom is 0.242 e. The highest BCUT2D eigenvalue weighted by atomic mass is 35.5. The molecule has 1 atom stereocenters. The lowest BCUT2D eigenvalue weighted by Gasteiger charge is -2.04. The Hall–Kier alpha value is -1.16. The van der Waals surface area contributed by atoms with Crippen LogP contribution < -0.4 is 5.32 Å². The molecule has 0 aliphatic rings. The number of carbonyl (C=O) groups excluding carboxylic acids is 1. The minimum absolute atomic E-state index is 0.338. The van der Waals surface area contributed by atoms with Gasteiger partial charge in [-0.25, -0.2) is 4.98 Å². The number of amides is 1. The molecule has 0 aliphatic carbocycles. The quantitative estimate of drug-likeness (QED) is 0.587. The summed E-state index contributed by atoms with van der Waals surface area (Å²) in [6, 6.07) is 2.58. The summed E-state index contributed by atoms with van der Waals surface area (Å²) < 4.78 is 12.3. The summed E-state index contributed by atoms with van der Waals surface area (Å²) in [5, 5.41) is 1.85. The summed E-state index contributed by atoms with van der Waals surface area (Å²) in [4.78, 5) is 14.4. The molecular formula is C8H8ClFN2O. The number of halogens is 2. The molecule has 13 heavy (non-hydrogen) atoms. The second-order valence-corrected chi connectivity index (χ2v) is 3.13. The van der Waals surface area contributed by atoms with E-state index in [0.29, 0.717) is 5.69 Å². The van der Waals surface area contributed by atoms with E-state index in [1.807, 2.05) is 0 Å². The molecule has 1 aromatic heterocycles. The average molecular weight is 203 g/mol. The van der Waals surface area contributed by atoms with Crippen LogP contribution in [0, 0.1) is 5.95 Å². The zero-order valence-corrected chi connectivity index (χ0v) is 7.68. The number of nitrogens with zero attached hydrogens (tertiary/aromatic N) is 1. The smallest absolute Gasteiger partial charge is 0.242 e. The van der Waals surface area contributed by atoms with Gasteiger partial charge in [0, 0.05) is 0 Å². The minimum atomic E-state index is -0.620. The van der Waals surface area contributed by atoms with Crippen molar-refractivity contribution in [3.63, 3.8) is 0 Å². The third-order valence-electron chi connectivity index (χ3n) is 1.36. The van der Waals surface area contributed by atoms with Crippen LogP contribution in [0.5, 0.6) is 0 Å². The first-order valence-electron chi connectivity index (χ1n) is 3.66. The molecule has 1 rings (SSSR count). The van der Waals surface area contributed by atoms with Gasteiger partial charge < -0.3 is 5.32 Å². The third-order valence-corrected chi connectivity index (χ3v) is 1.55. The first kappa shape index (κ1) is 9.92. The Kier molecular flexibility index (Phi) is 3.19. The third kappa shape index (κ3) is 2.99. The van der Waals surface area contributed by atoms with Gasteiger partial charge in [-0.3, -0.25) is 4.79 Å². The number of rotatable bonds is 2. The first-order chi connectivity index (χ1) is 6.09. The summed E-state index contributed by atoms with van der Waals surface area (Å²) in [5.74, 6) is -0.924. The van der Waals surface area contributed by atoms with Crippen molar-refractivity contribution >= 4 is 23.2 Å². The normalized spacial score (nSPS) is 12.2. The lowest BCUT2D eigenvalue weighted by Crippen LogP contribution is -2.20. The Morgan fingerprint density at radius 2 is 2.38 bits per heavy atom. The van der Waals surface area contributed by atoms with Gasteiger partial charge in [0.05, 0.1) is 11.9 Å². The second-order valence-electron chi connectivity index (χ2n) is 2.47. The van der Waals surface area contributed by atoms with Gasteiger partial charge in [-0.2, -0.15) is 4.39 Å². The standard InChI is InChI=1S/C8H8ClFN2O/c1-5(9)8(13)12-6-2-3-7(10)11-4-6/h2-5H,1H3,(H,12,13). The fourth-order valence-electron chi connectivity index (χ4n) is 0.691. The number of anilines is 1. The fraction of sp³-hybridized carbons (Fsp3) is 0.250. The zero-order chi connectivity index (χ0) is 9.84. The molecule has 0 aliphatic heterocycles. The summed E-state index contributed by atoms with van der Waals surface area (Å²) >= 11 is 5.50. The van der Waals surface area contributed by atoms with Crippen molar-refractivity contribution in [2.75, 3.05) is 5.32 Å².